The van der Waals surface area contributed by atoms with E-state index in [1.807, 2.05) is 4.68 Å². The number of fused-ring (bicyclic) bond motifs is 2. The first-order chi connectivity index (χ1) is 9.20. The molecule has 4 unspecified atom stereocenters. The Morgan fingerprint density at radius 2 is 2.26 bits per heavy atom. The molecule has 2 aliphatic carbocycles. The van der Waals surface area contributed by atoms with Crippen LogP contribution in [0.1, 0.15) is 38.4 Å². The van der Waals surface area contributed by atoms with Gasteiger partial charge in [-0.25, -0.2) is 9.67 Å². The molecule has 1 aromatic heterocycles. The highest BCUT2D eigenvalue weighted by Gasteiger charge is 2.48. The number of hydrogen-bond acceptors (Lipinski definition) is 4. The number of aryl methyl sites for hydroxylation is 1. The van der Waals surface area contributed by atoms with Crippen LogP contribution < -0.4 is 5.73 Å². The lowest BCUT2D eigenvalue weighted by Gasteiger charge is -2.26. The number of Topliss-reactive ketones (excluding diaryl/α,β-unsaturated/α-hetero) is 1. The van der Waals surface area contributed by atoms with Crippen LogP contribution in [0.5, 0.6) is 0 Å². The first-order valence-corrected chi connectivity index (χ1v) is 7.35. The Balaban J connectivity index is 1.70. The van der Waals surface area contributed by atoms with E-state index < -0.39 is 0 Å². The third kappa shape index (κ3) is 2.20. The molecule has 1 heterocycles. The van der Waals surface area contributed by atoms with Gasteiger partial charge in [0.2, 0.25) is 0 Å². The molecule has 0 aliphatic heterocycles. The van der Waals surface area contributed by atoms with Crippen molar-refractivity contribution in [2.75, 3.05) is 0 Å². The van der Waals surface area contributed by atoms with Gasteiger partial charge in [-0.15, -0.1) is 0 Å². The Bertz CT molecular complexity index is 468. The standard InChI is InChI=1S/C14H22N4O/c1-2-5-18-12(16-8-17-18)7-11(19)13-9-3-4-10(6-9)14(13)15/h8-10,13-14H,2-7,15H2,1H3. The zero-order valence-corrected chi connectivity index (χ0v) is 11.5. The number of carbonyl (C=O) groups is 1. The summed E-state index contributed by atoms with van der Waals surface area (Å²) in [5.41, 5.74) is 6.23. The van der Waals surface area contributed by atoms with Gasteiger partial charge in [0.15, 0.2) is 0 Å². The summed E-state index contributed by atoms with van der Waals surface area (Å²) in [6.07, 6.45) is 6.47. The molecule has 2 aliphatic rings. The molecular weight excluding hydrogens is 240 g/mol. The van der Waals surface area contributed by atoms with E-state index in [0.29, 0.717) is 18.3 Å². The van der Waals surface area contributed by atoms with Crippen LogP contribution >= 0.6 is 0 Å². The average Bonchev–Trinajstić information content (AvgIpc) is 3.06. The smallest absolute Gasteiger partial charge is 0.145 e. The third-order valence-electron chi connectivity index (χ3n) is 4.82. The Kier molecular flexibility index (Phi) is 3.39. The van der Waals surface area contributed by atoms with E-state index in [4.69, 9.17) is 5.73 Å². The number of nitrogens with two attached hydrogens (primary N) is 1. The second-order valence-electron chi connectivity index (χ2n) is 5.98. The van der Waals surface area contributed by atoms with Crippen LogP contribution in [0.3, 0.4) is 0 Å². The second-order valence-corrected chi connectivity index (χ2v) is 5.98. The van der Waals surface area contributed by atoms with Crippen LogP contribution in [0.25, 0.3) is 0 Å². The summed E-state index contributed by atoms with van der Waals surface area (Å²) in [4.78, 5) is 16.7. The lowest BCUT2D eigenvalue weighted by Crippen LogP contribution is -2.41. The number of hydrogen-bond donors (Lipinski definition) is 1. The molecule has 0 amide bonds. The molecule has 19 heavy (non-hydrogen) atoms. The van der Waals surface area contributed by atoms with E-state index >= 15 is 0 Å². The Morgan fingerprint density at radius 1 is 1.47 bits per heavy atom. The van der Waals surface area contributed by atoms with Gasteiger partial charge in [0, 0.05) is 18.5 Å². The molecule has 1 aromatic rings. The van der Waals surface area contributed by atoms with Crippen molar-refractivity contribution >= 4 is 5.78 Å². The predicted molar refractivity (Wildman–Crippen MR) is 71.3 cm³/mol. The van der Waals surface area contributed by atoms with Crippen LogP contribution in [0.2, 0.25) is 0 Å². The van der Waals surface area contributed by atoms with E-state index in [2.05, 4.69) is 17.0 Å². The van der Waals surface area contributed by atoms with Gasteiger partial charge >= 0.3 is 0 Å². The first-order valence-electron chi connectivity index (χ1n) is 7.35. The van der Waals surface area contributed by atoms with E-state index in [0.717, 1.165) is 25.2 Å². The second kappa shape index (κ2) is 5.04. The monoisotopic (exact) mass is 262 g/mol. The maximum atomic E-state index is 12.5. The Hall–Kier alpha value is -1.23. The molecule has 0 spiro atoms. The van der Waals surface area contributed by atoms with E-state index in [1.54, 1.807) is 6.33 Å². The Morgan fingerprint density at radius 3 is 2.95 bits per heavy atom. The molecule has 2 saturated carbocycles. The fourth-order valence-corrected chi connectivity index (χ4v) is 3.91. The van der Waals surface area contributed by atoms with Crippen molar-refractivity contribution in [3.05, 3.63) is 12.2 Å². The maximum Gasteiger partial charge on any atom is 0.145 e. The summed E-state index contributed by atoms with van der Waals surface area (Å²) in [6, 6.07) is 0.0776. The molecule has 0 saturated heterocycles. The minimum atomic E-state index is 0.0607. The molecule has 3 rings (SSSR count). The summed E-state index contributed by atoms with van der Waals surface area (Å²) in [5, 5.41) is 4.17. The molecule has 5 heteroatoms. The van der Waals surface area contributed by atoms with Gasteiger partial charge in [0.05, 0.1) is 6.42 Å². The number of aromatic nitrogens is 3. The number of ketones is 1. The van der Waals surface area contributed by atoms with Crippen LogP contribution in [0.4, 0.5) is 0 Å². The number of carbonyl (C=O) groups excluding carboxylic acids is 1. The van der Waals surface area contributed by atoms with E-state index in [-0.39, 0.29) is 17.7 Å². The van der Waals surface area contributed by atoms with Gasteiger partial charge in [0.25, 0.3) is 0 Å². The maximum absolute atomic E-state index is 12.5. The summed E-state index contributed by atoms with van der Waals surface area (Å²) >= 11 is 0. The van der Waals surface area contributed by atoms with E-state index in [9.17, 15) is 4.79 Å². The molecular formula is C14H22N4O. The quantitative estimate of drug-likeness (QED) is 0.864. The normalized spacial score (nSPS) is 32.9. The van der Waals surface area contributed by atoms with Gasteiger partial charge in [-0.3, -0.25) is 4.79 Å². The predicted octanol–water partition coefficient (Wildman–Crippen LogP) is 1.17. The summed E-state index contributed by atoms with van der Waals surface area (Å²) in [5.74, 6) is 2.22. The van der Waals surface area contributed by atoms with Crippen molar-refractivity contribution in [1.29, 1.82) is 0 Å². The van der Waals surface area contributed by atoms with Crippen LogP contribution in [-0.2, 0) is 17.8 Å². The Labute approximate surface area is 113 Å². The summed E-state index contributed by atoms with van der Waals surface area (Å²) < 4.78 is 1.84. The molecule has 5 nitrogen and oxygen atoms in total. The topological polar surface area (TPSA) is 73.8 Å². The van der Waals surface area contributed by atoms with Gasteiger partial charge < -0.3 is 5.73 Å². The fraction of sp³-hybridized carbons (Fsp3) is 0.786. The van der Waals surface area contributed by atoms with Crippen LogP contribution in [0.15, 0.2) is 6.33 Å². The average molecular weight is 262 g/mol. The van der Waals surface area contributed by atoms with Gasteiger partial charge in [0.1, 0.15) is 17.9 Å². The van der Waals surface area contributed by atoms with Crippen molar-refractivity contribution in [2.24, 2.45) is 23.5 Å². The summed E-state index contributed by atoms with van der Waals surface area (Å²) in [7, 11) is 0. The van der Waals surface area contributed by atoms with Gasteiger partial charge in [-0.2, -0.15) is 5.10 Å². The molecule has 0 aromatic carbocycles. The van der Waals surface area contributed by atoms with Gasteiger partial charge in [-0.1, -0.05) is 6.92 Å². The minimum Gasteiger partial charge on any atom is -0.327 e. The largest absolute Gasteiger partial charge is 0.327 e. The van der Waals surface area contributed by atoms with Crippen molar-refractivity contribution in [3.8, 4) is 0 Å². The lowest BCUT2D eigenvalue weighted by molar-refractivity contribution is -0.124. The minimum absolute atomic E-state index is 0.0607. The van der Waals surface area contributed by atoms with E-state index in [1.165, 1.54) is 12.8 Å². The third-order valence-corrected chi connectivity index (χ3v) is 4.82. The molecule has 4 atom stereocenters. The fourth-order valence-electron chi connectivity index (χ4n) is 3.91. The number of nitrogens with zero attached hydrogens (tertiary/aromatic N) is 3. The number of rotatable bonds is 5. The van der Waals surface area contributed by atoms with Crippen molar-refractivity contribution < 1.29 is 4.79 Å². The zero-order valence-electron chi connectivity index (χ0n) is 11.5. The molecule has 2 N–H and O–H groups in total. The van der Waals surface area contributed by atoms with Crippen LogP contribution in [0, 0.1) is 17.8 Å². The van der Waals surface area contributed by atoms with Crippen molar-refractivity contribution in [1.82, 2.24) is 14.8 Å². The first kappa shape index (κ1) is 12.8. The zero-order chi connectivity index (χ0) is 13.4. The highest BCUT2D eigenvalue weighted by Crippen LogP contribution is 2.48. The van der Waals surface area contributed by atoms with Gasteiger partial charge in [-0.05, 0) is 37.5 Å². The molecule has 2 bridgehead atoms. The highest BCUT2D eigenvalue weighted by atomic mass is 16.1. The van der Waals surface area contributed by atoms with Crippen LogP contribution in [-0.4, -0.2) is 26.6 Å². The molecule has 0 radical (unpaired) electrons. The van der Waals surface area contributed by atoms with Crippen molar-refractivity contribution in [2.45, 2.75) is 51.6 Å². The van der Waals surface area contributed by atoms with Crippen molar-refractivity contribution in [3.63, 3.8) is 0 Å². The SMILES string of the molecule is CCCn1ncnc1CC(=O)C1C2CCC(C2)C1N. The lowest BCUT2D eigenvalue weighted by atomic mass is 9.81. The summed E-state index contributed by atoms with van der Waals surface area (Å²) in [6.45, 7) is 2.92. The molecule has 2 fully saturated rings. The highest BCUT2D eigenvalue weighted by molar-refractivity contribution is 5.84. The molecule has 104 valence electrons.